The molecule has 2 aliphatic rings. The van der Waals surface area contributed by atoms with E-state index in [9.17, 15) is 9.59 Å². The van der Waals surface area contributed by atoms with Crippen molar-refractivity contribution in [1.82, 2.24) is 9.80 Å². The Labute approximate surface area is 128 Å². The van der Waals surface area contributed by atoms with Crippen LogP contribution in [0, 0.1) is 0 Å². The lowest BCUT2D eigenvalue weighted by atomic mass is 10.3. The van der Waals surface area contributed by atoms with Crippen LogP contribution in [0.1, 0.15) is 6.92 Å². The highest BCUT2D eigenvalue weighted by molar-refractivity contribution is 5.78. The Balaban J connectivity index is 1.49. The molecular weight excluding hydrogens is 288 g/mol. The van der Waals surface area contributed by atoms with Crippen LogP contribution in [0.2, 0.25) is 0 Å². The van der Waals surface area contributed by atoms with E-state index >= 15 is 0 Å². The van der Waals surface area contributed by atoms with E-state index in [-0.39, 0.29) is 25.2 Å². The highest BCUT2D eigenvalue weighted by atomic mass is 16.7. The van der Waals surface area contributed by atoms with E-state index in [1.54, 1.807) is 34.9 Å². The zero-order chi connectivity index (χ0) is 15.5. The van der Waals surface area contributed by atoms with Crippen LogP contribution in [-0.2, 0) is 9.59 Å². The summed E-state index contributed by atoms with van der Waals surface area (Å²) in [6.07, 6.45) is 0. The highest BCUT2D eigenvalue weighted by Crippen LogP contribution is 2.35. The van der Waals surface area contributed by atoms with Crippen molar-refractivity contribution in [3.63, 3.8) is 0 Å². The maximum atomic E-state index is 12.1. The maximum absolute atomic E-state index is 12.1. The number of ether oxygens (including phenoxy) is 3. The van der Waals surface area contributed by atoms with E-state index in [1.165, 1.54) is 0 Å². The van der Waals surface area contributed by atoms with E-state index in [2.05, 4.69) is 0 Å². The average molecular weight is 306 g/mol. The number of piperazine rings is 1. The Morgan fingerprint density at radius 3 is 2.50 bits per heavy atom. The van der Waals surface area contributed by atoms with Crippen LogP contribution >= 0.6 is 0 Å². The largest absolute Gasteiger partial charge is 0.484 e. The van der Waals surface area contributed by atoms with Gasteiger partial charge in [0.15, 0.2) is 18.1 Å². The molecular formula is C15H18N2O5. The summed E-state index contributed by atoms with van der Waals surface area (Å²) in [5, 5.41) is 0. The molecule has 1 aromatic rings. The fourth-order valence-electron chi connectivity index (χ4n) is 2.47. The number of nitrogens with zero attached hydrogens (tertiary/aromatic N) is 2. The van der Waals surface area contributed by atoms with Crippen LogP contribution in [0.25, 0.3) is 0 Å². The Morgan fingerprint density at radius 2 is 1.77 bits per heavy atom. The van der Waals surface area contributed by atoms with Gasteiger partial charge < -0.3 is 24.0 Å². The quantitative estimate of drug-likeness (QED) is 0.813. The number of carbonyl (C=O) groups is 2. The smallest absolute Gasteiger partial charge is 0.260 e. The first-order chi connectivity index (χ1) is 10.6. The van der Waals surface area contributed by atoms with Crippen molar-refractivity contribution in [1.29, 1.82) is 0 Å². The Bertz CT molecular complexity index is 581. The molecule has 0 radical (unpaired) electrons. The van der Waals surface area contributed by atoms with Crippen molar-refractivity contribution < 1.29 is 23.8 Å². The normalized spacial score (nSPS) is 16.6. The van der Waals surface area contributed by atoms with E-state index in [1.807, 2.05) is 0 Å². The second-order valence-electron chi connectivity index (χ2n) is 5.19. The minimum atomic E-state index is -0.0825. The van der Waals surface area contributed by atoms with Gasteiger partial charge in [0.2, 0.25) is 12.7 Å². The third kappa shape index (κ3) is 3.08. The molecule has 2 heterocycles. The molecule has 0 N–H and O–H groups in total. The van der Waals surface area contributed by atoms with Gasteiger partial charge in [0.1, 0.15) is 5.75 Å². The van der Waals surface area contributed by atoms with Gasteiger partial charge >= 0.3 is 0 Å². The topological polar surface area (TPSA) is 68.3 Å². The second kappa shape index (κ2) is 6.13. The van der Waals surface area contributed by atoms with Gasteiger partial charge in [0, 0.05) is 39.2 Å². The van der Waals surface area contributed by atoms with Crippen LogP contribution in [0.4, 0.5) is 0 Å². The molecule has 0 unspecified atom stereocenters. The first-order valence-corrected chi connectivity index (χ1v) is 7.19. The molecule has 1 aromatic carbocycles. The summed E-state index contributed by atoms with van der Waals surface area (Å²) in [5.74, 6) is 1.84. The van der Waals surface area contributed by atoms with Crippen LogP contribution in [0.3, 0.4) is 0 Å². The third-order valence-corrected chi connectivity index (χ3v) is 3.78. The molecule has 0 aliphatic carbocycles. The van der Waals surface area contributed by atoms with E-state index in [4.69, 9.17) is 14.2 Å². The molecule has 7 nitrogen and oxygen atoms in total. The number of hydrogen-bond acceptors (Lipinski definition) is 5. The fourth-order valence-corrected chi connectivity index (χ4v) is 2.47. The lowest BCUT2D eigenvalue weighted by Crippen LogP contribution is -2.51. The standard InChI is InChI=1S/C15H18N2O5/c1-11(18)16-4-6-17(7-5-16)15(19)9-20-12-2-3-13-14(8-12)22-10-21-13/h2-3,8H,4-7,9-10H2,1H3. The highest BCUT2D eigenvalue weighted by Gasteiger charge is 2.22. The molecule has 22 heavy (non-hydrogen) atoms. The number of carbonyl (C=O) groups excluding carboxylic acids is 2. The molecule has 0 bridgehead atoms. The lowest BCUT2D eigenvalue weighted by molar-refractivity contribution is -0.139. The van der Waals surface area contributed by atoms with E-state index < -0.39 is 0 Å². The van der Waals surface area contributed by atoms with Gasteiger partial charge in [-0.3, -0.25) is 9.59 Å². The van der Waals surface area contributed by atoms with Crippen molar-refractivity contribution in [3.8, 4) is 17.2 Å². The van der Waals surface area contributed by atoms with Crippen LogP contribution in [0.15, 0.2) is 18.2 Å². The van der Waals surface area contributed by atoms with Crippen LogP contribution < -0.4 is 14.2 Å². The average Bonchev–Trinajstić information content (AvgIpc) is 3.00. The minimum Gasteiger partial charge on any atom is -0.484 e. The van der Waals surface area contributed by atoms with Gasteiger partial charge in [0.25, 0.3) is 5.91 Å². The molecule has 3 rings (SSSR count). The Kier molecular flexibility index (Phi) is 4.04. The molecule has 0 aromatic heterocycles. The number of amides is 2. The molecule has 118 valence electrons. The van der Waals surface area contributed by atoms with Crippen LogP contribution in [0.5, 0.6) is 17.2 Å². The summed E-state index contributed by atoms with van der Waals surface area (Å²) in [6, 6.07) is 5.21. The van der Waals surface area contributed by atoms with Gasteiger partial charge in [-0.1, -0.05) is 0 Å². The third-order valence-electron chi connectivity index (χ3n) is 3.78. The SMILES string of the molecule is CC(=O)N1CCN(C(=O)COc2ccc3c(c2)OCO3)CC1. The summed E-state index contributed by atoms with van der Waals surface area (Å²) in [6.45, 7) is 3.96. The van der Waals surface area contributed by atoms with Crippen LogP contribution in [-0.4, -0.2) is 61.2 Å². The molecule has 0 saturated carbocycles. The first kappa shape index (κ1) is 14.5. The predicted octanol–water partition coefficient (Wildman–Crippen LogP) is 0.485. The van der Waals surface area contributed by atoms with Crippen molar-refractivity contribution in [2.24, 2.45) is 0 Å². The van der Waals surface area contributed by atoms with Crippen molar-refractivity contribution in [2.75, 3.05) is 39.6 Å². The Hall–Kier alpha value is -2.44. The zero-order valence-electron chi connectivity index (χ0n) is 12.4. The summed E-state index contributed by atoms with van der Waals surface area (Å²) < 4.78 is 16.0. The lowest BCUT2D eigenvalue weighted by Gasteiger charge is -2.34. The number of benzene rings is 1. The van der Waals surface area contributed by atoms with Gasteiger partial charge in [-0.15, -0.1) is 0 Å². The molecule has 1 saturated heterocycles. The molecule has 7 heteroatoms. The van der Waals surface area contributed by atoms with Gasteiger partial charge in [0.05, 0.1) is 0 Å². The number of fused-ring (bicyclic) bond motifs is 1. The molecule has 2 amide bonds. The molecule has 2 aliphatic heterocycles. The monoisotopic (exact) mass is 306 g/mol. The predicted molar refractivity (Wildman–Crippen MR) is 76.9 cm³/mol. The van der Waals surface area contributed by atoms with Crippen molar-refractivity contribution >= 4 is 11.8 Å². The second-order valence-corrected chi connectivity index (χ2v) is 5.19. The molecule has 0 spiro atoms. The minimum absolute atomic E-state index is 0.0281. The molecule has 1 fully saturated rings. The fraction of sp³-hybridized carbons (Fsp3) is 0.467. The summed E-state index contributed by atoms with van der Waals surface area (Å²) in [4.78, 5) is 26.8. The summed E-state index contributed by atoms with van der Waals surface area (Å²) >= 11 is 0. The molecule has 0 atom stereocenters. The van der Waals surface area contributed by atoms with Gasteiger partial charge in [-0.25, -0.2) is 0 Å². The summed E-state index contributed by atoms with van der Waals surface area (Å²) in [5.41, 5.74) is 0. The zero-order valence-corrected chi connectivity index (χ0v) is 12.4. The van der Waals surface area contributed by atoms with Crippen molar-refractivity contribution in [3.05, 3.63) is 18.2 Å². The number of rotatable bonds is 3. The summed E-state index contributed by atoms with van der Waals surface area (Å²) in [7, 11) is 0. The maximum Gasteiger partial charge on any atom is 0.260 e. The van der Waals surface area contributed by atoms with Gasteiger partial charge in [-0.05, 0) is 12.1 Å². The van der Waals surface area contributed by atoms with Crippen molar-refractivity contribution in [2.45, 2.75) is 6.92 Å². The Morgan fingerprint density at radius 1 is 1.09 bits per heavy atom. The van der Waals surface area contributed by atoms with E-state index in [0.717, 1.165) is 0 Å². The van der Waals surface area contributed by atoms with Gasteiger partial charge in [-0.2, -0.15) is 0 Å². The van der Waals surface area contributed by atoms with E-state index in [0.29, 0.717) is 43.4 Å². The number of hydrogen-bond donors (Lipinski definition) is 0. The first-order valence-electron chi connectivity index (χ1n) is 7.19.